The van der Waals surface area contributed by atoms with Gasteiger partial charge >= 0.3 is 11.9 Å². The van der Waals surface area contributed by atoms with Crippen molar-refractivity contribution in [1.82, 2.24) is 5.32 Å². The van der Waals surface area contributed by atoms with Crippen molar-refractivity contribution in [1.29, 1.82) is 0 Å². The molecule has 166 valence electrons. The van der Waals surface area contributed by atoms with Gasteiger partial charge in [-0.2, -0.15) is 0 Å². The van der Waals surface area contributed by atoms with Gasteiger partial charge in [-0.25, -0.2) is 0 Å². The molecule has 0 fully saturated rings. The minimum absolute atomic E-state index is 0.258. The number of nitrogens with one attached hydrogen (secondary N) is 1. The van der Waals surface area contributed by atoms with Crippen molar-refractivity contribution in [3.8, 4) is 0 Å². The highest BCUT2D eigenvalue weighted by Gasteiger charge is 2.34. The summed E-state index contributed by atoms with van der Waals surface area (Å²) in [6, 6.07) is 5.92. The molecule has 4 N–H and O–H groups in total. The number of hydrogen-bond donors (Lipinski definition) is 3. The summed E-state index contributed by atoms with van der Waals surface area (Å²) in [5, 5.41) is 12.5. The van der Waals surface area contributed by atoms with Gasteiger partial charge in [0.15, 0.2) is 0 Å². The average molecular weight is 438 g/mol. The number of para-hydroxylation sites is 1. The maximum atomic E-state index is 13.2. The molecule has 0 aromatic heterocycles. The van der Waals surface area contributed by atoms with Crippen LogP contribution in [0, 0.1) is 0 Å². The topological polar surface area (TPSA) is 122 Å². The Morgan fingerprint density at radius 1 is 1.30 bits per heavy atom. The van der Waals surface area contributed by atoms with Gasteiger partial charge in [-0.3, -0.25) is 24.6 Å². The van der Waals surface area contributed by atoms with Crippen LogP contribution in [0.5, 0.6) is 0 Å². The first-order valence-corrected chi connectivity index (χ1v) is 11.3. The lowest BCUT2D eigenvalue weighted by molar-refractivity contribution is -0.146. The fraction of sp³-hybridized carbons (Fsp3) is 0.571. The molecule has 8 nitrogen and oxygen atoms in total. The van der Waals surface area contributed by atoms with Gasteiger partial charge in [0.05, 0.1) is 18.3 Å². The molecule has 9 heteroatoms. The van der Waals surface area contributed by atoms with E-state index in [4.69, 9.17) is 10.5 Å². The molecule has 0 spiro atoms. The minimum Gasteiger partial charge on any atom is -0.480 e. The van der Waals surface area contributed by atoms with Gasteiger partial charge in [-0.15, -0.1) is 11.8 Å². The summed E-state index contributed by atoms with van der Waals surface area (Å²) >= 11 is 1.47. The van der Waals surface area contributed by atoms with Gasteiger partial charge in [-0.05, 0) is 38.4 Å². The molecule has 1 aliphatic rings. The lowest BCUT2D eigenvalue weighted by Crippen LogP contribution is -2.54. The van der Waals surface area contributed by atoms with E-state index < -0.39 is 24.6 Å². The monoisotopic (exact) mass is 437 g/mol. The number of nitrogens with two attached hydrogens (primary N) is 1. The third-order valence-corrected chi connectivity index (χ3v) is 6.00. The quantitative estimate of drug-likeness (QED) is 0.335. The number of carboxylic acid groups (broad SMARTS) is 1. The number of hydrogen-bond acceptors (Lipinski definition) is 7. The van der Waals surface area contributed by atoms with Crippen LogP contribution in [0.25, 0.3) is 0 Å². The number of aliphatic carboxylic acids is 1. The number of carbonyl (C=O) groups is 3. The summed E-state index contributed by atoms with van der Waals surface area (Å²) in [5.41, 5.74) is 6.10. The minimum atomic E-state index is -1.09. The van der Waals surface area contributed by atoms with E-state index in [-0.39, 0.29) is 18.5 Å². The Morgan fingerprint density at radius 2 is 2.03 bits per heavy atom. The molecule has 0 saturated carbocycles. The smallest absolute Gasteiger partial charge is 0.323 e. The first kappa shape index (κ1) is 24.2. The molecule has 0 saturated heterocycles. The number of esters is 1. The summed E-state index contributed by atoms with van der Waals surface area (Å²) in [6.45, 7) is 2.22. The number of ether oxygens (including phenoxy) is 1. The van der Waals surface area contributed by atoms with Crippen molar-refractivity contribution in [2.45, 2.75) is 56.0 Å². The highest BCUT2D eigenvalue weighted by atomic mass is 32.2. The fourth-order valence-electron chi connectivity index (χ4n) is 3.37. The van der Waals surface area contributed by atoms with Gasteiger partial charge in [0, 0.05) is 10.6 Å². The molecule has 0 radical (unpaired) electrons. The van der Waals surface area contributed by atoms with Crippen LogP contribution in [-0.4, -0.2) is 60.5 Å². The van der Waals surface area contributed by atoms with E-state index in [2.05, 4.69) is 5.32 Å². The molecule has 1 heterocycles. The van der Waals surface area contributed by atoms with E-state index in [1.807, 2.05) is 12.1 Å². The number of fused-ring (bicyclic) bond motifs is 1. The fourth-order valence-corrected chi connectivity index (χ4v) is 4.46. The van der Waals surface area contributed by atoms with Gasteiger partial charge in [-0.1, -0.05) is 31.4 Å². The maximum Gasteiger partial charge on any atom is 0.323 e. The Morgan fingerprint density at radius 3 is 2.73 bits per heavy atom. The Hall–Kier alpha value is -2.10. The van der Waals surface area contributed by atoms with E-state index in [0.29, 0.717) is 24.4 Å². The van der Waals surface area contributed by atoms with Crippen LogP contribution in [0.1, 0.15) is 39.0 Å². The van der Waals surface area contributed by atoms with Crippen molar-refractivity contribution in [2.75, 3.05) is 30.3 Å². The predicted octanol–water partition coefficient (Wildman–Crippen LogP) is 2.01. The van der Waals surface area contributed by atoms with Crippen molar-refractivity contribution >= 4 is 35.3 Å². The van der Waals surface area contributed by atoms with Gasteiger partial charge < -0.3 is 15.6 Å². The van der Waals surface area contributed by atoms with Crippen molar-refractivity contribution in [3.63, 3.8) is 0 Å². The molecular formula is C21H31N3O5S. The second-order valence-electron chi connectivity index (χ2n) is 7.11. The van der Waals surface area contributed by atoms with Crippen LogP contribution in [-0.2, 0) is 19.1 Å². The van der Waals surface area contributed by atoms with Crippen molar-refractivity contribution in [2.24, 2.45) is 5.73 Å². The summed E-state index contributed by atoms with van der Waals surface area (Å²) in [4.78, 5) is 39.2. The Kier molecular flexibility index (Phi) is 10.1. The summed E-state index contributed by atoms with van der Waals surface area (Å²) < 4.78 is 5.20. The zero-order valence-electron chi connectivity index (χ0n) is 17.3. The number of carbonyl (C=O) groups excluding carboxylic acids is 2. The predicted molar refractivity (Wildman–Crippen MR) is 117 cm³/mol. The third-order valence-electron chi connectivity index (χ3n) is 4.84. The van der Waals surface area contributed by atoms with Crippen molar-refractivity contribution in [3.05, 3.63) is 24.3 Å². The van der Waals surface area contributed by atoms with Crippen molar-refractivity contribution < 1.29 is 24.2 Å². The molecule has 1 aliphatic heterocycles. The number of carboxylic acids is 1. The summed E-state index contributed by atoms with van der Waals surface area (Å²) in [6.07, 6.45) is 4.23. The summed E-state index contributed by atoms with van der Waals surface area (Å²) in [7, 11) is 0. The van der Waals surface area contributed by atoms with Crippen LogP contribution in [0.2, 0.25) is 0 Å². The Bertz CT molecular complexity index is 730. The van der Waals surface area contributed by atoms with Crippen LogP contribution in [0.3, 0.4) is 0 Å². The largest absolute Gasteiger partial charge is 0.480 e. The molecule has 1 amide bonds. The Labute approximate surface area is 181 Å². The van der Waals surface area contributed by atoms with Gasteiger partial charge in [0.1, 0.15) is 12.6 Å². The molecule has 30 heavy (non-hydrogen) atoms. The molecule has 2 rings (SSSR count). The Balaban J connectivity index is 2.14. The van der Waals surface area contributed by atoms with E-state index >= 15 is 0 Å². The van der Waals surface area contributed by atoms with E-state index in [0.717, 1.165) is 30.6 Å². The maximum absolute atomic E-state index is 13.2. The number of thioether (sulfide) groups is 1. The number of unbranched alkanes of at least 4 members (excludes halogenated alkanes) is 3. The number of benzene rings is 1. The van der Waals surface area contributed by atoms with Gasteiger partial charge in [0.25, 0.3) is 0 Å². The van der Waals surface area contributed by atoms with Gasteiger partial charge in [0.2, 0.25) is 5.91 Å². The van der Waals surface area contributed by atoms with Crippen LogP contribution in [0.4, 0.5) is 5.69 Å². The standard InChI is InChI=1S/C21H31N3O5S/c1-2-29-21(28)15(9-5-3-4-8-12-22)23-16-14-30-18-11-7-6-10-17(18)24(20(16)27)13-19(25)26/h6-7,10-11,15-16,23H,2-5,8-9,12-14,22H2,1H3,(H,25,26)/t15-,16+/m1/s1. The highest BCUT2D eigenvalue weighted by Crippen LogP contribution is 2.34. The molecule has 1 aromatic rings. The molecule has 0 unspecified atom stereocenters. The molecular weight excluding hydrogens is 406 g/mol. The lowest BCUT2D eigenvalue weighted by atomic mass is 10.1. The third kappa shape index (κ3) is 7.00. The van der Waals surface area contributed by atoms with E-state index in [1.165, 1.54) is 16.7 Å². The molecule has 0 aliphatic carbocycles. The molecule has 2 atom stereocenters. The number of rotatable bonds is 12. The number of anilines is 1. The average Bonchev–Trinajstić information content (AvgIpc) is 2.84. The van der Waals surface area contributed by atoms with Crippen LogP contribution in [0.15, 0.2) is 29.2 Å². The second-order valence-corrected chi connectivity index (χ2v) is 8.17. The number of nitrogens with zero attached hydrogens (tertiary/aromatic N) is 1. The van der Waals surface area contributed by atoms with Crippen LogP contribution >= 0.6 is 11.8 Å². The number of amides is 1. The normalized spacial score (nSPS) is 17.2. The van der Waals surface area contributed by atoms with E-state index in [9.17, 15) is 19.5 Å². The first-order valence-electron chi connectivity index (χ1n) is 10.4. The van der Waals surface area contributed by atoms with Crippen LogP contribution < -0.4 is 16.0 Å². The zero-order valence-corrected chi connectivity index (χ0v) is 18.2. The lowest BCUT2D eigenvalue weighted by Gasteiger charge is -2.27. The SMILES string of the molecule is CCOC(=O)[C@@H](CCCCCCN)N[C@H]1CSc2ccccc2N(CC(=O)O)C1=O. The summed E-state index contributed by atoms with van der Waals surface area (Å²) in [5.74, 6) is -1.44. The molecule has 1 aromatic carbocycles. The van der Waals surface area contributed by atoms with E-state index in [1.54, 1.807) is 19.1 Å². The highest BCUT2D eigenvalue weighted by molar-refractivity contribution is 7.99. The molecule has 0 bridgehead atoms. The second kappa shape index (κ2) is 12.6. The zero-order chi connectivity index (χ0) is 21.9. The first-order chi connectivity index (χ1) is 14.5.